The number of hydrogen-bond donors (Lipinski definition) is 1. The van der Waals surface area contributed by atoms with Crippen molar-refractivity contribution in [2.45, 2.75) is 38.9 Å². The first kappa shape index (κ1) is 17.2. The van der Waals surface area contributed by atoms with E-state index in [9.17, 15) is 22.8 Å². The number of carboxylic acid groups (broad SMARTS) is 1. The van der Waals surface area contributed by atoms with E-state index >= 15 is 0 Å². The maximum absolute atomic E-state index is 12.6. The number of amides is 1. The molecule has 0 aromatic carbocycles. The molecule has 5 nitrogen and oxygen atoms in total. The summed E-state index contributed by atoms with van der Waals surface area (Å²) in [5.74, 6) is -2.11. The first-order valence-corrected chi connectivity index (χ1v) is 7.20. The van der Waals surface area contributed by atoms with E-state index in [0.717, 1.165) is 12.1 Å². The molecule has 1 saturated heterocycles. The third-order valence-corrected chi connectivity index (χ3v) is 4.10. The Labute approximate surface area is 131 Å². The second-order valence-electron chi connectivity index (χ2n) is 5.75. The van der Waals surface area contributed by atoms with Crippen LogP contribution in [0.1, 0.15) is 41.5 Å². The largest absolute Gasteiger partial charge is 0.481 e. The number of likely N-dealkylation sites (tertiary alicyclic amines) is 1. The Morgan fingerprint density at radius 1 is 1.30 bits per heavy atom. The van der Waals surface area contributed by atoms with Crippen LogP contribution in [0.2, 0.25) is 0 Å². The van der Waals surface area contributed by atoms with Crippen molar-refractivity contribution in [2.75, 3.05) is 6.54 Å². The van der Waals surface area contributed by atoms with Crippen molar-refractivity contribution in [1.82, 2.24) is 9.88 Å². The molecule has 0 bridgehead atoms. The van der Waals surface area contributed by atoms with Crippen LogP contribution in [0.3, 0.4) is 0 Å². The lowest BCUT2D eigenvalue weighted by molar-refractivity contribution is -0.144. The zero-order chi connectivity index (χ0) is 17.4. The molecule has 1 amide bonds. The smallest absolute Gasteiger partial charge is 0.433 e. The van der Waals surface area contributed by atoms with Crippen LogP contribution < -0.4 is 0 Å². The molecule has 8 heteroatoms. The van der Waals surface area contributed by atoms with Gasteiger partial charge in [0.1, 0.15) is 5.69 Å². The van der Waals surface area contributed by atoms with Crippen molar-refractivity contribution in [3.63, 3.8) is 0 Å². The van der Waals surface area contributed by atoms with Gasteiger partial charge in [-0.3, -0.25) is 9.59 Å². The third-order valence-electron chi connectivity index (χ3n) is 4.10. The number of rotatable bonds is 2. The number of carboxylic acids is 1. The number of piperidine rings is 1. The van der Waals surface area contributed by atoms with Crippen LogP contribution in [0.25, 0.3) is 0 Å². The van der Waals surface area contributed by atoms with Crippen LogP contribution in [0.15, 0.2) is 12.1 Å². The van der Waals surface area contributed by atoms with Crippen molar-refractivity contribution in [2.24, 2.45) is 5.92 Å². The number of nitrogens with zero attached hydrogens (tertiary/aromatic N) is 2. The topological polar surface area (TPSA) is 70.5 Å². The van der Waals surface area contributed by atoms with Gasteiger partial charge in [0, 0.05) is 12.6 Å². The van der Waals surface area contributed by atoms with E-state index in [1.54, 1.807) is 6.92 Å². The molecule has 23 heavy (non-hydrogen) atoms. The van der Waals surface area contributed by atoms with Crippen LogP contribution in [0.4, 0.5) is 13.2 Å². The molecule has 1 aliphatic rings. The Balaban J connectivity index is 2.27. The van der Waals surface area contributed by atoms with Gasteiger partial charge >= 0.3 is 12.1 Å². The van der Waals surface area contributed by atoms with Gasteiger partial charge in [0.05, 0.1) is 17.2 Å². The Hall–Kier alpha value is -2.12. The molecule has 0 radical (unpaired) electrons. The molecule has 2 unspecified atom stereocenters. The van der Waals surface area contributed by atoms with E-state index < -0.39 is 29.7 Å². The maximum Gasteiger partial charge on any atom is 0.433 e. The Morgan fingerprint density at radius 3 is 2.48 bits per heavy atom. The average Bonchev–Trinajstić information content (AvgIpc) is 2.45. The van der Waals surface area contributed by atoms with Crippen LogP contribution in [-0.4, -0.2) is 39.5 Å². The van der Waals surface area contributed by atoms with E-state index in [2.05, 4.69) is 4.98 Å². The first-order valence-electron chi connectivity index (χ1n) is 7.20. The van der Waals surface area contributed by atoms with Gasteiger partial charge in [0.15, 0.2) is 0 Å². The zero-order valence-corrected chi connectivity index (χ0v) is 12.7. The molecule has 0 aliphatic carbocycles. The third kappa shape index (κ3) is 3.62. The second kappa shape index (κ2) is 6.17. The van der Waals surface area contributed by atoms with E-state index in [0.29, 0.717) is 12.8 Å². The summed E-state index contributed by atoms with van der Waals surface area (Å²) in [5.41, 5.74) is -1.01. The van der Waals surface area contributed by atoms with Gasteiger partial charge in [-0.15, -0.1) is 0 Å². The fourth-order valence-electron chi connectivity index (χ4n) is 2.69. The van der Waals surface area contributed by atoms with Gasteiger partial charge in [-0.25, -0.2) is 4.98 Å². The lowest BCUT2D eigenvalue weighted by Gasteiger charge is -2.36. The highest BCUT2D eigenvalue weighted by Gasteiger charge is 2.35. The number of halogens is 3. The number of aliphatic carboxylic acids is 1. The van der Waals surface area contributed by atoms with Crippen LogP contribution in [0.5, 0.6) is 0 Å². The van der Waals surface area contributed by atoms with Gasteiger partial charge in [0.2, 0.25) is 0 Å². The zero-order valence-electron chi connectivity index (χ0n) is 12.7. The number of hydrogen-bond acceptors (Lipinski definition) is 3. The Bertz CT molecular complexity index is 631. The summed E-state index contributed by atoms with van der Waals surface area (Å²) in [5, 5.41) is 9.10. The number of pyridine rings is 1. The molecule has 1 fully saturated rings. The molecule has 1 aromatic heterocycles. The number of carbonyl (C=O) groups is 2. The van der Waals surface area contributed by atoms with E-state index in [1.165, 1.54) is 11.8 Å². The highest BCUT2D eigenvalue weighted by molar-refractivity contribution is 5.95. The molecule has 0 spiro atoms. The van der Waals surface area contributed by atoms with Gasteiger partial charge in [-0.05, 0) is 38.8 Å². The SMILES string of the molecule is Cc1nc(C(F)(F)F)ccc1C(=O)N1CC(C(=O)O)CCC1C. The average molecular weight is 330 g/mol. The van der Waals surface area contributed by atoms with E-state index in [4.69, 9.17) is 5.11 Å². The minimum Gasteiger partial charge on any atom is -0.481 e. The summed E-state index contributed by atoms with van der Waals surface area (Å²) in [6, 6.07) is 1.70. The van der Waals surface area contributed by atoms with Crippen LogP contribution in [-0.2, 0) is 11.0 Å². The van der Waals surface area contributed by atoms with Crippen molar-refractivity contribution in [1.29, 1.82) is 0 Å². The number of alkyl halides is 3. The fourth-order valence-corrected chi connectivity index (χ4v) is 2.69. The Kier molecular flexibility index (Phi) is 4.63. The van der Waals surface area contributed by atoms with Crippen LogP contribution >= 0.6 is 0 Å². The van der Waals surface area contributed by atoms with Gasteiger partial charge < -0.3 is 10.0 Å². The molecule has 1 aromatic rings. The highest BCUT2D eigenvalue weighted by Crippen LogP contribution is 2.29. The van der Waals surface area contributed by atoms with Crippen molar-refractivity contribution in [3.8, 4) is 0 Å². The first-order chi connectivity index (χ1) is 10.6. The normalized spacial score (nSPS) is 22.0. The summed E-state index contributed by atoms with van der Waals surface area (Å²) in [4.78, 5) is 28.5. The number of aryl methyl sites for hydroxylation is 1. The lowest BCUT2D eigenvalue weighted by atomic mass is 9.93. The van der Waals surface area contributed by atoms with Gasteiger partial charge in [-0.2, -0.15) is 13.2 Å². The molecule has 0 saturated carbocycles. The van der Waals surface area contributed by atoms with Crippen molar-refractivity contribution >= 4 is 11.9 Å². The molecule has 1 aliphatic heterocycles. The van der Waals surface area contributed by atoms with Crippen LogP contribution in [0, 0.1) is 12.8 Å². The lowest BCUT2D eigenvalue weighted by Crippen LogP contribution is -2.47. The van der Waals surface area contributed by atoms with E-state index in [1.807, 2.05) is 0 Å². The molecule has 2 rings (SSSR count). The maximum atomic E-state index is 12.6. The number of aromatic nitrogens is 1. The summed E-state index contributed by atoms with van der Waals surface area (Å²) < 4.78 is 37.9. The van der Waals surface area contributed by atoms with Crippen molar-refractivity contribution < 1.29 is 27.9 Å². The Morgan fingerprint density at radius 2 is 1.96 bits per heavy atom. The summed E-state index contributed by atoms with van der Waals surface area (Å²) in [6.07, 6.45) is -3.56. The van der Waals surface area contributed by atoms with E-state index in [-0.39, 0.29) is 23.8 Å². The van der Waals surface area contributed by atoms with Gasteiger partial charge in [-0.1, -0.05) is 0 Å². The highest BCUT2D eigenvalue weighted by atomic mass is 19.4. The predicted octanol–water partition coefficient (Wildman–Crippen LogP) is 2.73. The minimum atomic E-state index is -4.57. The summed E-state index contributed by atoms with van der Waals surface area (Å²) >= 11 is 0. The molecule has 2 atom stereocenters. The summed E-state index contributed by atoms with van der Waals surface area (Å²) in [7, 11) is 0. The van der Waals surface area contributed by atoms with Crippen molar-refractivity contribution in [3.05, 3.63) is 29.1 Å². The molecule has 1 N–H and O–H groups in total. The molecule has 2 heterocycles. The molecule has 126 valence electrons. The van der Waals surface area contributed by atoms with Gasteiger partial charge in [0.25, 0.3) is 5.91 Å². The molecular formula is C15H17F3N2O3. The standard InChI is InChI=1S/C15H17F3N2O3/c1-8-3-4-10(14(22)23)7-20(8)13(21)11-5-6-12(15(16,17)18)19-9(11)2/h5-6,8,10H,3-4,7H2,1-2H3,(H,22,23). The second-order valence-corrected chi connectivity index (χ2v) is 5.75. The minimum absolute atomic E-state index is 0.0190. The fraction of sp³-hybridized carbons (Fsp3) is 0.533. The predicted molar refractivity (Wildman–Crippen MR) is 74.8 cm³/mol. The summed E-state index contributed by atoms with van der Waals surface area (Å²) in [6.45, 7) is 3.18. The number of carbonyl (C=O) groups excluding carboxylic acids is 1. The monoisotopic (exact) mass is 330 g/mol. The quantitative estimate of drug-likeness (QED) is 0.905. The molecular weight excluding hydrogens is 313 g/mol.